The van der Waals surface area contributed by atoms with Gasteiger partial charge in [-0.05, 0) is 47.9 Å². The molecule has 1 saturated heterocycles. The number of benzene rings is 2. The number of carbonyl (C=O) groups excluding carboxylic acids is 1. The molecule has 6 nitrogen and oxygen atoms in total. The zero-order valence-electron chi connectivity index (χ0n) is 16.0. The SMILES string of the molecule is O=C(O)C1COC2(CCCC2)N1C(=O)OCC1c2ccccc2-c2ccccc21. The van der Waals surface area contributed by atoms with Gasteiger partial charge in [-0.15, -0.1) is 0 Å². The smallest absolute Gasteiger partial charge is 0.412 e. The highest BCUT2D eigenvalue weighted by atomic mass is 16.6. The molecular formula is C23H23NO5. The summed E-state index contributed by atoms with van der Waals surface area (Å²) in [5.41, 5.74) is 3.74. The average molecular weight is 393 g/mol. The predicted molar refractivity (Wildman–Crippen MR) is 105 cm³/mol. The van der Waals surface area contributed by atoms with Crippen LogP contribution in [0, 0.1) is 0 Å². The number of rotatable bonds is 3. The van der Waals surface area contributed by atoms with Crippen molar-refractivity contribution in [3.05, 3.63) is 59.7 Å². The van der Waals surface area contributed by atoms with Gasteiger partial charge in [0.15, 0.2) is 6.04 Å². The topological polar surface area (TPSA) is 76.1 Å². The molecule has 29 heavy (non-hydrogen) atoms. The quantitative estimate of drug-likeness (QED) is 0.853. The van der Waals surface area contributed by atoms with Crippen LogP contribution in [-0.2, 0) is 14.3 Å². The Kier molecular flexibility index (Phi) is 4.32. The summed E-state index contributed by atoms with van der Waals surface area (Å²) in [4.78, 5) is 26.1. The molecule has 1 atom stereocenters. The van der Waals surface area contributed by atoms with Crippen LogP contribution in [0.25, 0.3) is 11.1 Å². The highest BCUT2D eigenvalue weighted by Gasteiger charge is 2.55. The lowest BCUT2D eigenvalue weighted by Gasteiger charge is -2.34. The Morgan fingerprint density at radius 1 is 1.03 bits per heavy atom. The van der Waals surface area contributed by atoms with Gasteiger partial charge in [0.1, 0.15) is 12.3 Å². The van der Waals surface area contributed by atoms with Gasteiger partial charge in [-0.25, -0.2) is 9.59 Å². The molecule has 1 aliphatic heterocycles. The van der Waals surface area contributed by atoms with Gasteiger partial charge in [-0.1, -0.05) is 48.5 Å². The van der Waals surface area contributed by atoms with Crippen molar-refractivity contribution in [2.45, 2.75) is 43.4 Å². The number of aliphatic carboxylic acids is 1. The molecule has 1 N–H and O–H groups in total. The van der Waals surface area contributed by atoms with Gasteiger partial charge in [0.05, 0.1) is 6.61 Å². The van der Waals surface area contributed by atoms with E-state index in [1.165, 1.54) is 4.90 Å². The monoisotopic (exact) mass is 393 g/mol. The summed E-state index contributed by atoms with van der Waals surface area (Å²) in [6.45, 7) is 0.186. The molecule has 1 amide bonds. The van der Waals surface area contributed by atoms with E-state index in [0.717, 1.165) is 35.1 Å². The van der Waals surface area contributed by atoms with Crippen molar-refractivity contribution >= 4 is 12.1 Å². The molecule has 2 aliphatic carbocycles. The highest BCUT2D eigenvalue weighted by Crippen LogP contribution is 2.45. The van der Waals surface area contributed by atoms with Crippen LogP contribution in [0.4, 0.5) is 4.79 Å². The van der Waals surface area contributed by atoms with Crippen molar-refractivity contribution in [3.8, 4) is 11.1 Å². The lowest BCUT2D eigenvalue weighted by molar-refractivity contribution is -0.143. The second kappa shape index (κ2) is 6.88. The third-order valence-electron chi connectivity index (χ3n) is 6.46. The van der Waals surface area contributed by atoms with E-state index >= 15 is 0 Å². The van der Waals surface area contributed by atoms with Crippen molar-refractivity contribution in [1.82, 2.24) is 4.90 Å². The Hall–Kier alpha value is -2.86. The second-order valence-electron chi connectivity index (χ2n) is 7.99. The van der Waals surface area contributed by atoms with Crippen LogP contribution in [0.1, 0.15) is 42.7 Å². The summed E-state index contributed by atoms with van der Waals surface area (Å²) in [6, 6.07) is 15.3. The highest BCUT2D eigenvalue weighted by molar-refractivity contribution is 5.82. The van der Waals surface area contributed by atoms with Crippen LogP contribution in [0.5, 0.6) is 0 Å². The summed E-state index contributed by atoms with van der Waals surface area (Å²) in [5, 5.41) is 9.59. The summed E-state index contributed by atoms with van der Waals surface area (Å²) in [5.74, 6) is -1.11. The summed E-state index contributed by atoms with van der Waals surface area (Å²) < 4.78 is 11.6. The first-order valence-electron chi connectivity index (χ1n) is 10.1. The van der Waals surface area contributed by atoms with Gasteiger partial charge < -0.3 is 14.6 Å². The number of hydrogen-bond acceptors (Lipinski definition) is 4. The summed E-state index contributed by atoms with van der Waals surface area (Å²) >= 11 is 0. The molecule has 5 rings (SSSR count). The maximum Gasteiger partial charge on any atom is 0.412 e. The Bertz CT molecular complexity index is 920. The predicted octanol–water partition coefficient (Wildman–Crippen LogP) is 3.99. The lowest BCUT2D eigenvalue weighted by atomic mass is 9.98. The van der Waals surface area contributed by atoms with E-state index in [2.05, 4.69) is 24.3 Å². The van der Waals surface area contributed by atoms with Gasteiger partial charge in [0.2, 0.25) is 0 Å². The average Bonchev–Trinajstić information content (AvgIpc) is 3.43. The molecule has 1 heterocycles. The molecule has 1 unspecified atom stereocenters. The Labute approximate surface area is 169 Å². The minimum absolute atomic E-state index is 0.0134. The first-order chi connectivity index (χ1) is 14.1. The van der Waals surface area contributed by atoms with Crippen LogP contribution in [0.15, 0.2) is 48.5 Å². The van der Waals surface area contributed by atoms with Crippen LogP contribution in [0.3, 0.4) is 0 Å². The number of amides is 1. The van der Waals surface area contributed by atoms with Gasteiger partial charge in [0.25, 0.3) is 0 Å². The minimum atomic E-state index is -1.05. The molecule has 2 fully saturated rings. The number of carboxylic acids is 1. The van der Waals surface area contributed by atoms with Crippen LogP contribution in [0.2, 0.25) is 0 Å². The van der Waals surface area contributed by atoms with Crippen molar-refractivity contribution in [3.63, 3.8) is 0 Å². The van der Waals surface area contributed by atoms with Crippen molar-refractivity contribution in [1.29, 1.82) is 0 Å². The van der Waals surface area contributed by atoms with Crippen LogP contribution in [-0.4, -0.2) is 47.0 Å². The van der Waals surface area contributed by atoms with Gasteiger partial charge in [-0.2, -0.15) is 0 Å². The number of carbonyl (C=O) groups is 2. The van der Waals surface area contributed by atoms with Gasteiger partial charge in [0, 0.05) is 5.92 Å². The number of nitrogens with zero attached hydrogens (tertiary/aromatic N) is 1. The van der Waals surface area contributed by atoms with E-state index < -0.39 is 23.8 Å². The van der Waals surface area contributed by atoms with E-state index in [0.29, 0.717) is 12.8 Å². The van der Waals surface area contributed by atoms with Crippen LogP contribution < -0.4 is 0 Å². The zero-order valence-corrected chi connectivity index (χ0v) is 16.0. The fraction of sp³-hybridized carbons (Fsp3) is 0.391. The van der Waals surface area contributed by atoms with Crippen molar-refractivity contribution < 1.29 is 24.2 Å². The lowest BCUT2D eigenvalue weighted by Crippen LogP contribution is -2.52. The Morgan fingerprint density at radius 2 is 1.62 bits per heavy atom. The van der Waals surface area contributed by atoms with Crippen molar-refractivity contribution in [2.24, 2.45) is 0 Å². The van der Waals surface area contributed by atoms with E-state index in [4.69, 9.17) is 9.47 Å². The maximum atomic E-state index is 13.1. The molecule has 0 radical (unpaired) electrons. The normalized spacial score (nSPS) is 21.9. The van der Waals surface area contributed by atoms with E-state index in [-0.39, 0.29) is 19.1 Å². The number of carboxylic acid groups (broad SMARTS) is 1. The van der Waals surface area contributed by atoms with Crippen molar-refractivity contribution in [2.75, 3.05) is 13.2 Å². The Balaban J connectivity index is 1.40. The summed E-state index contributed by atoms with van der Waals surface area (Å²) in [7, 11) is 0. The molecule has 2 aromatic carbocycles. The first-order valence-corrected chi connectivity index (χ1v) is 10.1. The molecule has 3 aliphatic rings. The van der Waals surface area contributed by atoms with E-state index in [1.807, 2.05) is 24.3 Å². The largest absolute Gasteiger partial charge is 0.480 e. The fourth-order valence-electron chi connectivity index (χ4n) is 5.11. The minimum Gasteiger partial charge on any atom is -0.480 e. The molecular weight excluding hydrogens is 370 g/mol. The number of hydrogen-bond donors (Lipinski definition) is 1. The first kappa shape index (κ1) is 18.2. The number of fused-ring (bicyclic) bond motifs is 3. The van der Waals surface area contributed by atoms with Gasteiger partial charge >= 0.3 is 12.1 Å². The molecule has 0 bridgehead atoms. The standard InChI is InChI=1S/C23H23NO5/c25-21(26)20-14-29-23(11-5-6-12-23)24(20)22(27)28-13-19-17-9-3-1-7-15(17)16-8-2-4-10-18(16)19/h1-4,7-10,19-20H,5-6,11-14H2,(H,25,26). The molecule has 150 valence electrons. The molecule has 0 aromatic heterocycles. The molecule has 2 aromatic rings. The zero-order chi connectivity index (χ0) is 20.0. The maximum absolute atomic E-state index is 13.1. The van der Waals surface area contributed by atoms with Crippen LogP contribution >= 0.6 is 0 Å². The van der Waals surface area contributed by atoms with E-state index in [9.17, 15) is 14.7 Å². The fourth-order valence-corrected chi connectivity index (χ4v) is 5.11. The summed E-state index contributed by atoms with van der Waals surface area (Å²) in [6.07, 6.45) is 2.54. The molecule has 1 saturated carbocycles. The molecule has 6 heteroatoms. The number of ether oxygens (including phenoxy) is 2. The third kappa shape index (κ3) is 2.82. The van der Waals surface area contributed by atoms with E-state index in [1.54, 1.807) is 0 Å². The third-order valence-corrected chi connectivity index (χ3v) is 6.46. The Morgan fingerprint density at radius 3 is 2.21 bits per heavy atom. The van der Waals surface area contributed by atoms with Gasteiger partial charge in [-0.3, -0.25) is 4.90 Å². The molecule has 1 spiro atoms. The second-order valence-corrected chi connectivity index (χ2v) is 7.99.